The van der Waals surface area contributed by atoms with Crippen LogP contribution in [0.25, 0.3) is 11.1 Å². The number of hydrogen-bond acceptors (Lipinski definition) is 6. The van der Waals surface area contributed by atoms with Crippen LogP contribution >= 0.6 is 0 Å². The van der Waals surface area contributed by atoms with Crippen molar-refractivity contribution in [2.45, 2.75) is 51.5 Å². The van der Waals surface area contributed by atoms with Crippen molar-refractivity contribution in [2.75, 3.05) is 36.0 Å². The van der Waals surface area contributed by atoms with Gasteiger partial charge in [-0.25, -0.2) is 14.8 Å². The van der Waals surface area contributed by atoms with E-state index >= 15 is 4.39 Å². The topological polar surface area (TPSA) is 98.7 Å². The first-order valence-corrected chi connectivity index (χ1v) is 14.1. The number of carboxylic acids is 1. The first kappa shape index (κ1) is 27.6. The number of anilines is 2. The van der Waals surface area contributed by atoms with Crippen LogP contribution in [0.1, 0.15) is 43.2 Å². The second kappa shape index (κ2) is 12.4. The van der Waals surface area contributed by atoms with Gasteiger partial charge in [0, 0.05) is 32.6 Å². The molecule has 40 heavy (non-hydrogen) atoms. The van der Waals surface area contributed by atoms with E-state index in [1.807, 2.05) is 36.1 Å². The molecule has 2 atom stereocenters. The molecule has 3 heterocycles. The van der Waals surface area contributed by atoms with E-state index in [2.05, 4.69) is 39.6 Å². The highest BCUT2D eigenvalue weighted by Crippen LogP contribution is 2.29. The number of aliphatic carboxylic acids is 1. The lowest BCUT2D eigenvalue weighted by Crippen LogP contribution is -2.49. The number of benzene rings is 2. The SMILES string of the molecule is Cc1ccc(-c2ccc(C[C@H](NC(=O)C3CCCN(c4ncnc(N5CCCCC5)c4F)C3)C(=O)O)cc2)cc1. The van der Waals surface area contributed by atoms with Crippen molar-refractivity contribution in [3.63, 3.8) is 0 Å². The van der Waals surface area contributed by atoms with Gasteiger partial charge in [0.05, 0.1) is 5.92 Å². The van der Waals surface area contributed by atoms with Crippen LogP contribution in [0.2, 0.25) is 0 Å². The predicted molar refractivity (Wildman–Crippen MR) is 153 cm³/mol. The molecule has 1 unspecified atom stereocenters. The molecule has 0 radical (unpaired) electrons. The van der Waals surface area contributed by atoms with E-state index in [-0.39, 0.29) is 24.7 Å². The third kappa shape index (κ3) is 6.41. The van der Waals surface area contributed by atoms with E-state index in [4.69, 9.17) is 0 Å². The molecule has 210 valence electrons. The van der Waals surface area contributed by atoms with Crippen LogP contribution in [-0.4, -0.2) is 59.2 Å². The molecule has 0 saturated carbocycles. The zero-order chi connectivity index (χ0) is 28.1. The Labute approximate surface area is 234 Å². The molecular weight excluding hydrogens is 509 g/mol. The third-order valence-corrected chi connectivity index (χ3v) is 7.89. The lowest BCUT2D eigenvalue weighted by molar-refractivity contribution is -0.142. The van der Waals surface area contributed by atoms with Gasteiger partial charge in [0.2, 0.25) is 11.7 Å². The Balaban J connectivity index is 1.23. The summed E-state index contributed by atoms with van der Waals surface area (Å²) in [5, 5.41) is 12.6. The average molecular weight is 546 g/mol. The summed E-state index contributed by atoms with van der Waals surface area (Å²) in [6, 6.07) is 14.9. The van der Waals surface area contributed by atoms with Crippen molar-refractivity contribution in [3.8, 4) is 11.1 Å². The molecule has 2 aliphatic heterocycles. The van der Waals surface area contributed by atoms with Gasteiger partial charge in [0.25, 0.3) is 0 Å². The normalized spacial score (nSPS) is 18.3. The first-order valence-electron chi connectivity index (χ1n) is 14.1. The van der Waals surface area contributed by atoms with Crippen molar-refractivity contribution in [1.29, 1.82) is 0 Å². The van der Waals surface area contributed by atoms with E-state index in [9.17, 15) is 14.7 Å². The van der Waals surface area contributed by atoms with Gasteiger partial charge in [-0.15, -0.1) is 0 Å². The minimum atomic E-state index is -1.09. The lowest BCUT2D eigenvalue weighted by atomic mass is 9.95. The Bertz CT molecular complexity index is 1330. The molecule has 2 aliphatic rings. The minimum Gasteiger partial charge on any atom is -0.480 e. The largest absolute Gasteiger partial charge is 0.480 e. The Kier molecular flexibility index (Phi) is 8.57. The Morgan fingerprint density at radius 2 is 1.52 bits per heavy atom. The smallest absolute Gasteiger partial charge is 0.326 e. The highest BCUT2D eigenvalue weighted by Gasteiger charge is 2.32. The number of halogens is 1. The highest BCUT2D eigenvalue weighted by atomic mass is 19.1. The Hall–Kier alpha value is -4.01. The monoisotopic (exact) mass is 545 g/mol. The lowest BCUT2D eigenvalue weighted by Gasteiger charge is -2.34. The van der Waals surface area contributed by atoms with Crippen LogP contribution in [0.15, 0.2) is 54.9 Å². The van der Waals surface area contributed by atoms with Crippen molar-refractivity contribution in [3.05, 3.63) is 71.8 Å². The van der Waals surface area contributed by atoms with Gasteiger partial charge in [-0.1, -0.05) is 54.1 Å². The fourth-order valence-electron chi connectivity index (χ4n) is 5.59. The zero-order valence-corrected chi connectivity index (χ0v) is 22.9. The van der Waals surface area contributed by atoms with Gasteiger partial charge in [0.1, 0.15) is 12.4 Å². The number of amides is 1. The number of aryl methyl sites for hydroxylation is 1. The van der Waals surface area contributed by atoms with Crippen LogP contribution < -0.4 is 15.1 Å². The summed E-state index contributed by atoms with van der Waals surface area (Å²) in [4.78, 5) is 37.4. The second-order valence-electron chi connectivity index (χ2n) is 10.8. The molecule has 2 aromatic carbocycles. The molecule has 0 bridgehead atoms. The van der Waals surface area contributed by atoms with E-state index in [1.165, 1.54) is 11.9 Å². The standard InChI is InChI=1S/C31H36FN5O3/c1-21-7-11-23(12-8-21)24-13-9-22(10-14-24)18-26(31(39)40)35-30(38)25-6-5-17-37(19-25)29-27(32)28(33-20-34-29)36-15-3-2-4-16-36/h7-14,20,25-26H,2-6,15-19H2,1H3,(H,35,38)(H,39,40)/t25?,26-/m0/s1. The van der Waals surface area contributed by atoms with Crippen LogP contribution in [0, 0.1) is 18.7 Å². The zero-order valence-electron chi connectivity index (χ0n) is 22.9. The molecule has 8 nitrogen and oxygen atoms in total. The second-order valence-corrected chi connectivity index (χ2v) is 10.8. The molecule has 2 fully saturated rings. The minimum absolute atomic E-state index is 0.172. The number of nitrogens with one attached hydrogen (secondary N) is 1. The Morgan fingerprint density at radius 1 is 0.925 bits per heavy atom. The number of carboxylic acid groups (broad SMARTS) is 1. The average Bonchev–Trinajstić information content (AvgIpc) is 2.98. The van der Waals surface area contributed by atoms with Crippen LogP contribution in [-0.2, 0) is 16.0 Å². The summed E-state index contributed by atoms with van der Waals surface area (Å²) >= 11 is 0. The van der Waals surface area contributed by atoms with Crippen molar-refractivity contribution in [1.82, 2.24) is 15.3 Å². The predicted octanol–water partition coefficient (Wildman–Crippen LogP) is 4.61. The highest BCUT2D eigenvalue weighted by molar-refractivity contribution is 5.85. The molecule has 9 heteroatoms. The molecule has 2 N–H and O–H groups in total. The fourth-order valence-corrected chi connectivity index (χ4v) is 5.59. The number of carbonyl (C=O) groups excluding carboxylic acids is 1. The van der Waals surface area contributed by atoms with Gasteiger partial charge < -0.3 is 20.2 Å². The van der Waals surface area contributed by atoms with Crippen LogP contribution in [0.5, 0.6) is 0 Å². The van der Waals surface area contributed by atoms with Gasteiger partial charge in [-0.3, -0.25) is 4.79 Å². The van der Waals surface area contributed by atoms with Crippen molar-refractivity contribution < 1.29 is 19.1 Å². The molecule has 0 spiro atoms. The van der Waals surface area contributed by atoms with Crippen molar-refractivity contribution in [2.24, 2.45) is 5.92 Å². The van der Waals surface area contributed by atoms with Gasteiger partial charge in [0.15, 0.2) is 11.6 Å². The molecule has 2 saturated heterocycles. The molecule has 1 aromatic heterocycles. The summed E-state index contributed by atoms with van der Waals surface area (Å²) in [5.41, 5.74) is 4.14. The summed E-state index contributed by atoms with van der Waals surface area (Å²) in [7, 11) is 0. The van der Waals surface area contributed by atoms with E-state index in [0.717, 1.165) is 49.0 Å². The van der Waals surface area contributed by atoms with Gasteiger partial charge in [-0.2, -0.15) is 4.39 Å². The number of rotatable bonds is 8. The van der Waals surface area contributed by atoms with E-state index in [1.54, 1.807) is 4.90 Å². The third-order valence-electron chi connectivity index (χ3n) is 7.89. The molecule has 0 aliphatic carbocycles. The number of piperidine rings is 2. The van der Waals surface area contributed by atoms with E-state index < -0.39 is 23.7 Å². The summed E-state index contributed by atoms with van der Waals surface area (Å²) in [6.07, 6.45) is 5.99. The maximum Gasteiger partial charge on any atom is 0.326 e. The quantitative estimate of drug-likeness (QED) is 0.427. The number of hydrogen-bond donors (Lipinski definition) is 2. The summed E-state index contributed by atoms with van der Waals surface area (Å²) in [6.45, 7) is 4.43. The van der Waals surface area contributed by atoms with Gasteiger partial charge >= 0.3 is 5.97 Å². The van der Waals surface area contributed by atoms with Gasteiger partial charge in [-0.05, 0) is 55.7 Å². The van der Waals surface area contributed by atoms with Crippen molar-refractivity contribution >= 4 is 23.5 Å². The summed E-state index contributed by atoms with van der Waals surface area (Å²) < 4.78 is 15.5. The number of aromatic nitrogens is 2. The van der Waals surface area contributed by atoms with Crippen LogP contribution in [0.3, 0.4) is 0 Å². The molecule has 3 aromatic rings. The number of carbonyl (C=O) groups is 2. The number of nitrogens with zero attached hydrogens (tertiary/aromatic N) is 4. The Morgan fingerprint density at radius 3 is 2.17 bits per heavy atom. The molecular formula is C31H36FN5O3. The molecule has 1 amide bonds. The fraction of sp³-hybridized carbons (Fsp3) is 0.419. The first-order chi connectivity index (χ1) is 19.4. The maximum absolute atomic E-state index is 15.5. The van der Waals surface area contributed by atoms with E-state index in [0.29, 0.717) is 25.2 Å². The maximum atomic E-state index is 15.5. The summed E-state index contributed by atoms with van der Waals surface area (Å²) in [5.74, 6) is -1.82. The van der Waals surface area contributed by atoms with Crippen LogP contribution in [0.4, 0.5) is 16.0 Å². The molecule has 5 rings (SSSR count).